The van der Waals surface area contributed by atoms with Gasteiger partial charge in [0, 0.05) is 17.2 Å². The number of rotatable bonds is 5. The van der Waals surface area contributed by atoms with Crippen LogP contribution in [0.15, 0.2) is 42.5 Å². The van der Waals surface area contributed by atoms with Crippen molar-refractivity contribution in [2.45, 2.75) is 19.8 Å². The van der Waals surface area contributed by atoms with E-state index in [-0.39, 0.29) is 23.2 Å². The Morgan fingerprint density at radius 2 is 1.78 bits per heavy atom. The van der Waals surface area contributed by atoms with E-state index in [1.54, 1.807) is 24.3 Å². The van der Waals surface area contributed by atoms with Gasteiger partial charge in [-0.1, -0.05) is 13.8 Å². The molecule has 0 unspecified atom stereocenters. The predicted molar refractivity (Wildman–Crippen MR) is 90.2 cm³/mol. The number of benzene rings is 2. The maximum absolute atomic E-state index is 12.2. The highest BCUT2D eigenvalue weighted by atomic mass is 16.5. The zero-order valence-electron chi connectivity index (χ0n) is 13.4. The van der Waals surface area contributed by atoms with E-state index < -0.39 is 0 Å². The van der Waals surface area contributed by atoms with E-state index in [0.717, 1.165) is 11.1 Å². The maximum Gasteiger partial charge on any atom is 0.185 e. The van der Waals surface area contributed by atoms with Gasteiger partial charge in [0.15, 0.2) is 5.78 Å². The third kappa shape index (κ3) is 3.92. The summed E-state index contributed by atoms with van der Waals surface area (Å²) < 4.78 is 5.26. The standard InChI is InChI=1S/C19H20O4/c1-12(2)16-10-14(19(23-3)11-18(16)22)6-9-17(21)13-4-7-15(20)8-5-13/h4-12,20,22H,1-3H3. The Morgan fingerprint density at radius 3 is 2.35 bits per heavy atom. The summed E-state index contributed by atoms with van der Waals surface area (Å²) in [5.74, 6) is 0.778. The first kappa shape index (κ1) is 16.6. The molecule has 0 radical (unpaired) electrons. The van der Waals surface area contributed by atoms with E-state index in [1.807, 2.05) is 19.9 Å². The fourth-order valence-corrected chi connectivity index (χ4v) is 2.26. The molecule has 0 bridgehead atoms. The molecule has 120 valence electrons. The molecule has 0 aliphatic carbocycles. The molecule has 2 aromatic carbocycles. The molecule has 0 amide bonds. The molecule has 2 aromatic rings. The summed E-state index contributed by atoms with van der Waals surface area (Å²) >= 11 is 0. The number of carbonyl (C=O) groups excluding carboxylic acids is 1. The smallest absolute Gasteiger partial charge is 0.185 e. The van der Waals surface area contributed by atoms with Gasteiger partial charge in [0.1, 0.15) is 17.2 Å². The third-order valence-corrected chi connectivity index (χ3v) is 3.57. The quantitative estimate of drug-likeness (QED) is 0.643. The van der Waals surface area contributed by atoms with E-state index in [9.17, 15) is 15.0 Å². The summed E-state index contributed by atoms with van der Waals surface area (Å²) in [4.78, 5) is 12.2. The number of phenols is 2. The van der Waals surface area contributed by atoms with Crippen LogP contribution >= 0.6 is 0 Å². The average molecular weight is 312 g/mol. The number of carbonyl (C=O) groups is 1. The molecule has 2 rings (SSSR count). The first-order chi connectivity index (χ1) is 10.9. The molecule has 0 spiro atoms. The second-order valence-electron chi connectivity index (χ2n) is 5.55. The number of ether oxygens (including phenoxy) is 1. The second kappa shape index (κ2) is 7.01. The van der Waals surface area contributed by atoms with Gasteiger partial charge >= 0.3 is 0 Å². The molecule has 0 saturated carbocycles. The summed E-state index contributed by atoms with van der Waals surface area (Å²) in [6.45, 7) is 3.97. The highest BCUT2D eigenvalue weighted by Gasteiger charge is 2.11. The lowest BCUT2D eigenvalue weighted by Crippen LogP contribution is -1.96. The van der Waals surface area contributed by atoms with Gasteiger partial charge in [-0.25, -0.2) is 0 Å². The maximum atomic E-state index is 12.2. The normalized spacial score (nSPS) is 11.1. The lowest BCUT2D eigenvalue weighted by atomic mass is 9.98. The van der Waals surface area contributed by atoms with Crippen molar-refractivity contribution in [1.29, 1.82) is 0 Å². The molecule has 0 aromatic heterocycles. The number of ketones is 1. The highest BCUT2D eigenvalue weighted by molar-refractivity contribution is 6.07. The molecule has 0 heterocycles. The zero-order valence-corrected chi connectivity index (χ0v) is 13.4. The van der Waals surface area contributed by atoms with Crippen molar-refractivity contribution in [1.82, 2.24) is 0 Å². The van der Waals surface area contributed by atoms with E-state index in [0.29, 0.717) is 11.3 Å². The number of hydrogen-bond acceptors (Lipinski definition) is 4. The molecule has 0 atom stereocenters. The Labute approximate surface area is 135 Å². The van der Waals surface area contributed by atoms with Crippen LogP contribution in [0.4, 0.5) is 0 Å². The molecule has 0 aliphatic rings. The molecule has 4 heteroatoms. The largest absolute Gasteiger partial charge is 0.508 e. The number of aromatic hydroxyl groups is 2. The average Bonchev–Trinajstić information content (AvgIpc) is 2.53. The number of hydrogen-bond donors (Lipinski definition) is 2. The minimum Gasteiger partial charge on any atom is -0.508 e. The summed E-state index contributed by atoms with van der Waals surface area (Å²) in [7, 11) is 1.52. The minimum atomic E-state index is -0.175. The van der Waals surface area contributed by atoms with Gasteiger partial charge in [-0.05, 0) is 54.0 Å². The Balaban J connectivity index is 2.32. The summed E-state index contributed by atoms with van der Waals surface area (Å²) in [6.07, 6.45) is 3.12. The van der Waals surface area contributed by atoms with Crippen molar-refractivity contribution < 1.29 is 19.7 Å². The molecule has 23 heavy (non-hydrogen) atoms. The molecule has 0 saturated heterocycles. The highest BCUT2D eigenvalue weighted by Crippen LogP contribution is 2.33. The van der Waals surface area contributed by atoms with Crippen molar-refractivity contribution in [2.24, 2.45) is 0 Å². The van der Waals surface area contributed by atoms with Crippen molar-refractivity contribution in [3.8, 4) is 17.2 Å². The third-order valence-electron chi connectivity index (χ3n) is 3.57. The van der Waals surface area contributed by atoms with Gasteiger partial charge in [-0.15, -0.1) is 0 Å². The Bertz CT molecular complexity index is 728. The first-order valence-electron chi connectivity index (χ1n) is 7.34. The predicted octanol–water partition coefficient (Wildman–Crippen LogP) is 4.13. The summed E-state index contributed by atoms with van der Waals surface area (Å²) in [5, 5.41) is 19.3. The minimum absolute atomic E-state index is 0.118. The van der Waals surface area contributed by atoms with Crippen LogP contribution in [0.3, 0.4) is 0 Å². The molecule has 2 N–H and O–H groups in total. The van der Waals surface area contributed by atoms with Crippen molar-refractivity contribution >= 4 is 11.9 Å². The lowest BCUT2D eigenvalue weighted by Gasteiger charge is -2.12. The first-order valence-corrected chi connectivity index (χ1v) is 7.34. The van der Waals surface area contributed by atoms with Crippen LogP contribution in [0.5, 0.6) is 17.2 Å². The van der Waals surface area contributed by atoms with Gasteiger partial charge in [-0.2, -0.15) is 0 Å². The van der Waals surface area contributed by atoms with E-state index in [2.05, 4.69) is 0 Å². The van der Waals surface area contributed by atoms with Crippen LogP contribution in [0.25, 0.3) is 6.08 Å². The Morgan fingerprint density at radius 1 is 1.13 bits per heavy atom. The van der Waals surface area contributed by atoms with Crippen LogP contribution in [-0.2, 0) is 0 Å². The summed E-state index contributed by atoms with van der Waals surface area (Å²) in [6, 6.07) is 9.45. The fraction of sp³-hybridized carbons (Fsp3) is 0.211. The van der Waals surface area contributed by atoms with E-state index in [1.165, 1.54) is 25.3 Å². The van der Waals surface area contributed by atoms with Gasteiger partial charge in [0.05, 0.1) is 7.11 Å². The van der Waals surface area contributed by atoms with Crippen LogP contribution < -0.4 is 4.74 Å². The van der Waals surface area contributed by atoms with E-state index in [4.69, 9.17) is 4.74 Å². The SMILES string of the molecule is COc1cc(O)c(C(C)C)cc1C=CC(=O)c1ccc(O)cc1. The fourth-order valence-electron chi connectivity index (χ4n) is 2.26. The zero-order chi connectivity index (χ0) is 17.0. The summed E-state index contributed by atoms with van der Waals surface area (Å²) in [5.41, 5.74) is 2.00. The number of phenolic OH excluding ortho intramolecular Hbond substituents is 2. The molecular formula is C19H20O4. The monoisotopic (exact) mass is 312 g/mol. The Kier molecular flexibility index (Phi) is 5.06. The van der Waals surface area contributed by atoms with Crippen LogP contribution in [0.2, 0.25) is 0 Å². The Hall–Kier alpha value is -2.75. The lowest BCUT2D eigenvalue weighted by molar-refractivity contribution is 0.104. The van der Waals surface area contributed by atoms with Crippen molar-refractivity contribution in [2.75, 3.05) is 7.11 Å². The number of methoxy groups -OCH3 is 1. The van der Waals surface area contributed by atoms with Crippen LogP contribution in [0, 0.1) is 0 Å². The molecule has 0 fully saturated rings. The van der Waals surface area contributed by atoms with Gasteiger partial charge in [0.2, 0.25) is 0 Å². The van der Waals surface area contributed by atoms with Crippen molar-refractivity contribution in [3.63, 3.8) is 0 Å². The number of allylic oxidation sites excluding steroid dienone is 1. The van der Waals surface area contributed by atoms with Gasteiger partial charge < -0.3 is 14.9 Å². The molecule has 0 aliphatic heterocycles. The topological polar surface area (TPSA) is 66.8 Å². The van der Waals surface area contributed by atoms with Crippen molar-refractivity contribution in [3.05, 3.63) is 59.2 Å². The second-order valence-corrected chi connectivity index (χ2v) is 5.55. The van der Waals surface area contributed by atoms with Crippen LogP contribution in [0.1, 0.15) is 41.3 Å². The van der Waals surface area contributed by atoms with E-state index >= 15 is 0 Å². The van der Waals surface area contributed by atoms with Crippen LogP contribution in [-0.4, -0.2) is 23.1 Å². The van der Waals surface area contributed by atoms with Gasteiger partial charge in [0.25, 0.3) is 0 Å². The molecular weight excluding hydrogens is 292 g/mol. The van der Waals surface area contributed by atoms with Gasteiger partial charge in [-0.3, -0.25) is 4.79 Å². The molecule has 4 nitrogen and oxygen atoms in total.